The first-order valence-corrected chi connectivity index (χ1v) is 8.32. The van der Waals surface area contributed by atoms with Crippen LogP contribution in [-0.4, -0.2) is 16.1 Å². The van der Waals surface area contributed by atoms with Crippen LogP contribution in [0.4, 0.5) is 0 Å². The number of carboxylic acids is 1. The van der Waals surface area contributed by atoms with Crippen LogP contribution in [0, 0.1) is 13.8 Å². The highest BCUT2D eigenvalue weighted by atomic mass is 16.4. The SMILES string of the molecule is Cc1cc(C)c2c(c1)C(CCc1cnccc1C(=O)O)CCC2. The molecular weight excluding hydrogens is 286 g/mol. The lowest BCUT2D eigenvalue weighted by Crippen LogP contribution is -2.13. The van der Waals surface area contributed by atoms with Crippen LogP contribution >= 0.6 is 0 Å². The fraction of sp³-hybridized carbons (Fsp3) is 0.400. The highest BCUT2D eigenvalue weighted by Gasteiger charge is 2.22. The van der Waals surface area contributed by atoms with Gasteiger partial charge in [0.2, 0.25) is 0 Å². The summed E-state index contributed by atoms with van der Waals surface area (Å²) in [5.41, 5.74) is 6.94. The molecule has 1 unspecified atom stereocenters. The summed E-state index contributed by atoms with van der Waals surface area (Å²) in [7, 11) is 0. The minimum absolute atomic E-state index is 0.386. The number of fused-ring (bicyclic) bond motifs is 1. The molecule has 0 aliphatic heterocycles. The van der Waals surface area contributed by atoms with Gasteiger partial charge in [0.15, 0.2) is 0 Å². The number of aromatic carboxylic acids is 1. The number of pyridine rings is 1. The summed E-state index contributed by atoms with van der Waals surface area (Å²) < 4.78 is 0. The van der Waals surface area contributed by atoms with E-state index < -0.39 is 5.97 Å². The van der Waals surface area contributed by atoms with Crippen molar-refractivity contribution in [2.45, 2.75) is 51.9 Å². The predicted molar refractivity (Wildman–Crippen MR) is 91.1 cm³/mol. The van der Waals surface area contributed by atoms with Gasteiger partial charge < -0.3 is 5.11 Å². The van der Waals surface area contributed by atoms with Gasteiger partial charge in [-0.05, 0) is 80.2 Å². The average molecular weight is 309 g/mol. The van der Waals surface area contributed by atoms with Crippen molar-refractivity contribution in [1.29, 1.82) is 0 Å². The molecule has 1 aliphatic rings. The summed E-state index contributed by atoms with van der Waals surface area (Å²) in [6.45, 7) is 4.36. The van der Waals surface area contributed by atoms with Crippen LogP contribution in [0.25, 0.3) is 0 Å². The van der Waals surface area contributed by atoms with Crippen molar-refractivity contribution in [3.05, 3.63) is 64.0 Å². The Balaban J connectivity index is 1.82. The van der Waals surface area contributed by atoms with E-state index in [0.717, 1.165) is 18.4 Å². The summed E-state index contributed by atoms with van der Waals surface area (Å²) >= 11 is 0. The van der Waals surface area contributed by atoms with E-state index in [1.54, 1.807) is 18.5 Å². The summed E-state index contributed by atoms with van der Waals surface area (Å²) in [4.78, 5) is 15.4. The van der Waals surface area contributed by atoms with E-state index in [-0.39, 0.29) is 0 Å². The zero-order valence-electron chi connectivity index (χ0n) is 13.8. The van der Waals surface area contributed by atoms with E-state index in [4.69, 9.17) is 0 Å². The topological polar surface area (TPSA) is 50.2 Å². The standard InChI is InChI=1S/C20H23NO2/c1-13-10-14(2)17-5-3-4-15(19(17)11-13)6-7-16-12-21-9-8-18(16)20(22)23/h8-12,15H,3-7H2,1-2H3,(H,22,23). The molecule has 0 spiro atoms. The Labute approximate surface area is 137 Å². The van der Waals surface area contributed by atoms with E-state index in [9.17, 15) is 9.90 Å². The van der Waals surface area contributed by atoms with Gasteiger partial charge in [0.05, 0.1) is 5.56 Å². The Hall–Kier alpha value is -2.16. The fourth-order valence-corrected chi connectivity index (χ4v) is 3.88. The number of nitrogens with zero attached hydrogens (tertiary/aromatic N) is 1. The molecule has 0 bridgehead atoms. The minimum atomic E-state index is -0.863. The third-order valence-electron chi connectivity index (χ3n) is 4.97. The number of benzene rings is 1. The fourth-order valence-electron chi connectivity index (χ4n) is 3.88. The molecule has 0 saturated carbocycles. The zero-order valence-corrected chi connectivity index (χ0v) is 13.8. The molecule has 0 saturated heterocycles. The van der Waals surface area contributed by atoms with Crippen LogP contribution < -0.4 is 0 Å². The van der Waals surface area contributed by atoms with E-state index in [0.29, 0.717) is 11.5 Å². The number of hydrogen-bond acceptors (Lipinski definition) is 2. The zero-order chi connectivity index (χ0) is 16.4. The molecule has 1 atom stereocenters. The summed E-state index contributed by atoms with van der Waals surface area (Å²) in [6, 6.07) is 6.19. The lowest BCUT2D eigenvalue weighted by atomic mass is 9.77. The number of carbonyl (C=O) groups is 1. The van der Waals surface area contributed by atoms with E-state index in [1.165, 1.54) is 41.5 Å². The molecule has 2 aromatic rings. The third kappa shape index (κ3) is 3.29. The number of carboxylic acid groups (broad SMARTS) is 1. The van der Waals surface area contributed by atoms with Crippen LogP contribution in [0.1, 0.15) is 63.4 Å². The maximum absolute atomic E-state index is 11.3. The summed E-state index contributed by atoms with van der Waals surface area (Å²) in [5, 5.41) is 9.31. The molecule has 0 amide bonds. The molecule has 1 aliphatic carbocycles. The van der Waals surface area contributed by atoms with Gasteiger partial charge in [-0.1, -0.05) is 17.7 Å². The van der Waals surface area contributed by atoms with Gasteiger partial charge in [-0.15, -0.1) is 0 Å². The molecule has 3 nitrogen and oxygen atoms in total. The van der Waals surface area contributed by atoms with Gasteiger partial charge in [0, 0.05) is 12.4 Å². The van der Waals surface area contributed by atoms with Crippen LogP contribution in [0.5, 0.6) is 0 Å². The van der Waals surface area contributed by atoms with Gasteiger partial charge in [-0.2, -0.15) is 0 Å². The molecule has 1 aromatic heterocycles. The van der Waals surface area contributed by atoms with Gasteiger partial charge in [0.1, 0.15) is 0 Å². The van der Waals surface area contributed by atoms with Gasteiger partial charge >= 0.3 is 5.97 Å². The lowest BCUT2D eigenvalue weighted by Gasteiger charge is -2.27. The van der Waals surface area contributed by atoms with E-state index in [2.05, 4.69) is 31.0 Å². The Bertz CT molecular complexity index is 736. The van der Waals surface area contributed by atoms with Crippen molar-refractivity contribution < 1.29 is 9.90 Å². The van der Waals surface area contributed by atoms with E-state index in [1.807, 2.05) is 0 Å². The Morgan fingerprint density at radius 1 is 1.35 bits per heavy atom. The van der Waals surface area contributed by atoms with E-state index >= 15 is 0 Å². The van der Waals surface area contributed by atoms with Crippen molar-refractivity contribution in [2.75, 3.05) is 0 Å². The molecule has 1 N–H and O–H groups in total. The first-order valence-electron chi connectivity index (χ1n) is 8.32. The quantitative estimate of drug-likeness (QED) is 0.907. The third-order valence-corrected chi connectivity index (χ3v) is 4.97. The molecule has 0 fully saturated rings. The number of hydrogen-bond donors (Lipinski definition) is 1. The van der Waals surface area contributed by atoms with Crippen molar-refractivity contribution in [3.63, 3.8) is 0 Å². The summed E-state index contributed by atoms with van der Waals surface area (Å²) in [6.07, 6.45) is 8.60. The van der Waals surface area contributed by atoms with Crippen LogP contribution in [0.2, 0.25) is 0 Å². The highest BCUT2D eigenvalue weighted by molar-refractivity contribution is 5.89. The second kappa shape index (κ2) is 6.53. The smallest absolute Gasteiger partial charge is 0.336 e. The first kappa shape index (κ1) is 15.7. The predicted octanol–water partition coefficient (Wildman–Crippen LogP) is 4.45. The molecule has 3 rings (SSSR count). The van der Waals surface area contributed by atoms with Gasteiger partial charge in [-0.25, -0.2) is 4.79 Å². The maximum atomic E-state index is 11.3. The van der Waals surface area contributed by atoms with Crippen LogP contribution in [0.15, 0.2) is 30.6 Å². The second-order valence-electron chi connectivity index (χ2n) is 6.62. The molecule has 120 valence electrons. The van der Waals surface area contributed by atoms with Crippen LogP contribution in [-0.2, 0) is 12.8 Å². The monoisotopic (exact) mass is 309 g/mol. The lowest BCUT2D eigenvalue weighted by molar-refractivity contribution is 0.0695. The molecule has 1 heterocycles. The Kier molecular flexibility index (Phi) is 4.46. The number of aromatic nitrogens is 1. The molecule has 1 aromatic carbocycles. The van der Waals surface area contributed by atoms with Crippen molar-refractivity contribution >= 4 is 5.97 Å². The van der Waals surface area contributed by atoms with Gasteiger partial charge in [0.25, 0.3) is 0 Å². The Morgan fingerprint density at radius 3 is 2.96 bits per heavy atom. The minimum Gasteiger partial charge on any atom is -0.478 e. The Morgan fingerprint density at radius 2 is 2.17 bits per heavy atom. The largest absolute Gasteiger partial charge is 0.478 e. The normalized spacial score (nSPS) is 16.9. The van der Waals surface area contributed by atoms with Crippen LogP contribution in [0.3, 0.4) is 0 Å². The van der Waals surface area contributed by atoms with Gasteiger partial charge in [-0.3, -0.25) is 4.98 Å². The average Bonchev–Trinajstić information content (AvgIpc) is 2.53. The molecule has 23 heavy (non-hydrogen) atoms. The van der Waals surface area contributed by atoms with Crippen molar-refractivity contribution in [2.24, 2.45) is 0 Å². The molecule has 3 heteroatoms. The first-order chi connectivity index (χ1) is 11.1. The molecular formula is C20H23NO2. The summed E-state index contributed by atoms with van der Waals surface area (Å²) in [5.74, 6) is -0.336. The van der Waals surface area contributed by atoms with Crippen molar-refractivity contribution in [1.82, 2.24) is 4.98 Å². The molecule has 0 radical (unpaired) electrons. The highest BCUT2D eigenvalue weighted by Crippen LogP contribution is 2.37. The number of rotatable bonds is 4. The number of aryl methyl sites for hydroxylation is 3. The van der Waals surface area contributed by atoms with Crippen molar-refractivity contribution in [3.8, 4) is 0 Å². The maximum Gasteiger partial charge on any atom is 0.336 e. The second-order valence-corrected chi connectivity index (χ2v) is 6.62.